The summed E-state index contributed by atoms with van der Waals surface area (Å²) in [5, 5.41) is 13.3. The largest absolute Gasteiger partial charge is 0.476 e. The topological polar surface area (TPSA) is 97.8 Å². The molecule has 13 heavy (non-hydrogen) atoms. The number of nitrogen functional groups attached to an aromatic ring is 1. The normalized spacial score (nSPS) is 15.7. The van der Waals surface area contributed by atoms with Gasteiger partial charge in [0, 0.05) is 5.38 Å². The van der Waals surface area contributed by atoms with Gasteiger partial charge in [0.15, 0.2) is 5.13 Å². The van der Waals surface area contributed by atoms with E-state index in [-0.39, 0.29) is 10.8 Å². The van der Waals surface area contributed by atoms with E-state index in [2.05, 4.69) is 15.0 Å². The first kappa shape index (κ1) is 5.92. The van der Waals surface area contributed by atoms with Crippen LogP contribution in [0.2, 0.25) is 0 Å². The number of aromatic nitrogens is 1. The smallest absolute Gasteiger partial charge is 0.360 e. The Hall–Kier alpha value is -1.63. The number of hydrogen-bond donors (Lipinski definition) is 2. The van der Waals surface area contributed by atoms with Crippen molar-refractivity contribution in [2.45, 2.75) is 0 Å². The van der Waals surface area contributed by atoms with E-state index >= 15 is 0 Å². The highest BCUT2D eigenvalue weighted by atomic mass is 32.1. The van der Waals surface area contributed by atoms with Crippen molar-refractivity contribution in [3.63, 3.8) is 0 Å². The number of rotatable bonds is 3. The van der Waals surface area contributed by atoms with Crippen LogP contribution >= 0.6 is 11.3 Å². The Balaban J connectivity index is 2.96. The molecule has 6 nitrogen and oxygen atoms in total. The van der Waals surface area contributed by atoms with Crippen LogP contribution in [-0.2, 0) is 9.63 Å². The molecule has 0 aromatic carbocycles. The summed E-state index contributed by atoms with van der Waals surface area (Å²) in [7, 11) is -2.80. The number of hydrogen-bond acceptors (Lipinski definition) is 6. The highest BCUT2D eigenvalue weighted by Crippen LogP contribution is 2.12. The maximum Gasteiger partial charge on any atom is 0.360 e. The van der Waals surface area contributed by atoms with Crippen LogP contribution in [0.3, 0.4) is 0 Å². The fraction of sp³-hybridized carbons (Fsp3) is 0.167. The second-order valence-electron chi connectivity index (χ2n) is 1.91. The van der Waals surface area contributed by atoms with E-state index in [4.69, 9.17) is 15.0 Å². The molecule has 0 saturated carbocycles. The third-order valence-corrected chi connectivity index (χ3v) is 1.78. The van der Waals surface area contributed by atoms with Gasteiger partial charge < -0.3 is 15.7 Å². The van der Waals surface area contributed by atoms with E-state index in [0.29, 0.717) is 0 Å². The summed E-state index contributed by atoms with van der Waals surface area (Å²) in [6, 6.07) is 0. The van der Waals surface area contributed by atoms with E-state index < -0.39 is 18.7 Å². The highest BCUT2D eigenvalue weighted by molar-refractivity contribution is 7.13. The van der Waals surface area contributed by atoms with Crippen molar-refractivity contribution >= 4 is 28.1 Å². The second-order valence-corrected chi connectivity index (χ2v) is 2.80. The van der Waals surface area contributed by atoms with Crippen LogP contribution in [0.4, 0.5) is 5.13 Å². The van der Waals surface area contributed by atoms with Crippen molar-refractivity contribution in [1.29, 1.82) is 0 Å². The number of carbonyl (C=O) groups is 1. The first-order valence-electron chi connectivity index (χ1n) is 4.50. The minimum absolute atomic E-state index is 0.0424. The van der Waals surface area contributed by atoms with E-state index in [1.807, 2.05) is 0 Å². The lowest BCUT2D eigenvalue weighted by Gasteiger charge is -1.94. The lowest BCUT2D eigenvalue weighted by Crippen LogP contribution is -2.15. The van der Waals surface area contributed by atoms with Gasteiger partial charge in [-0.15, -0.1) is 11.3 Å². The van der Waals surface area contributed by atoms with Crippen LogP contribution in [-0.4, -0.2) is 28.8 Å². The number of carboxylic acids is 1. The van der Waals surface area contributed by atoms with E-state index in [0.717, 1.165) is 11.3 Å². The molecule has 0 bridgehead atoms. The number of nitrogens with two attached hydrogens (primary N) is 1. The van der Waals surface area contributed by atoms with Gasteiger partial charge in [-0.3, -0.25) is 0 Å². The molecule has 1 heterocycles. The number of oxime groups is 1. The summed E-state index contributed by atoms with van der Waals surface area (Å²) < 4.78 is 20.1. The summed E-state index contributed by atoms with van der Waals surface area (Å²) in [5.74, 6) is -1.45. The third kappa shape index (κ3) is 2.15. The molecular weight excluding hydrogens is 194 g/mol. The maximum absolute atomic E-state index is 10.8. The van der Waals surface area contributed by atoms with E-state index in [1.165, 1.54) is 5.38 Å². The van der Waals surface area contributed by atoms with Crippen LogP contribution < -0.4 is 5.73 Å². The Morgan fingerprint density at radius 1 is 2.00 bits per heavy atom. The fourth-order valence-electron chi connectivity index (χ4n) is 0.637. The summed E-state index contributed by atoms with van der Waals surface area (Å²) in [5.41, 5.74) is 4.66. The predicted molar refractivity (Wildman–Crippen MR) is 47.7 cm³/mol. The minimum atomic E-state index is -2.80. The predicted octanol–water partition coefficient (Wildman–Crippen LogP) is 0.160. The molecule has 0 unspecified atom stereocenters. The van der Waals surface area contributed by atoms with Crippen molar-refractivity contribution < 1.29 is 18.9 Å². The Morgan fingerprint density at radius 3 is 3.23 bits per heavy atom. The zero-order valence-corrected chi connectivity index (χ0v) is 7.04. The molecule has 0 fully saturated rings. The van der Waals surface area contributed by atoms with Gasteiger partial charge in [-0.25, -0.2) is 9.78 Å². The van der Waals surface area contributed by atoms with Crippen molar-refractivity contribution in [2.75, 3.05) is 12.8 Å². The van der Waals surface area contributed by atoms with Crippen molar-refractivity contribution in [1.82, 2.24) is 4.98 Å². The van der Waals surface area contributed by atoms with E-state index in [9.17, 15) is 4.79 Å². The fourth-order valence-corrected chi connectivity index (χ4v) is 1.19. The molecule has 1 aromatic rings. The molecule has 0 amide bonds. The van der Waals surface area contributed by atoms with Crippen LogP contribution in [0.15, 0.2) is 10.5 Å². The molecule has 1 aromatic heterocycles. The summed E-state index contributed by atoms with van der Waals surface area (Å²) in [6.07, 6.45) is 0. The Bertz CT molecular complexity index is 428. The monoisotopic (exact) mass is 204 g/mol. The lowest BCUT2D eigenvalue weighted by atomic mass is 10.3. The third-order valence-electron chi connectivity index (χ3n) is 1.10. The first-order valence-corrected chi connectivity index (χ1v) is 3.88. The molecule has 1 rings (SSSR count). The lowest BCUT2D eigenvalue weighted by molar-refractivity contribution is -0.129. The van der Waals surface area contributed by atoms with Gasteiger partial charge in [-0.05, 0) is 0 Å². The zero-order chi connectivity index (χ0) is 12.3. The standard InChI is InChI=1S/C6H7N3O3S/c1-12-9-4(5(10)11)3-2-13-6(7)8-3/h2H,1H3,(H2,7,8)(H,10,11)/b9-4-/i1D3. The number of carboxylic acid groups (broad SMARTS) is 1. The minimum Gasteiger partial charge on any atom is -0.476 e. The molecule has 3 N–H and O–H groups in total. The van der Waals surface area contributed by atoms with E-state index in [1.54, 1.807) is 0 Å². The van der Waals surface area contributed by atoms with Gasteiger partial charge in [0.05, 0.1) is 4.11 Å². The molecule has 0 saturated heterocycles. The SMILES string of the molecule is [2H]C([2H])([2H])O/N=C(\C(=O)O)c1csc(N)n1. The molecule has 0 aliphatic carbocycles. The van der Waals surface area contributed by atoms with Crippen LogP contribution in [0.5, 0.6) is 0 Å². The van der Waals surface area contributed by atoms with Gasteiger partial charge in [0.25, 0.3) is 0 Å². The Labute approximate surface area is 81.9 Å². The molecule has 7 heteroatoms. The van der Waals surface area contributed by atoms with Crippen molar-refractivity contribution in [2.24, 2.45) is 5.16 Å². The molecular formula is C6H7N3O3S. The summed E-state index contributed by atoms with van der Waals surface area (Å²) >= 11 is 1.01. The Kier molecular flexibility index (Phi) is 1.76. The van der Waals surface area contributed by atoms with Gasteiger partial charge in [0.1, 0.15) is 12.7 Å². The zero-order valence-electron chi connectivity index (χ0n) is 9.22. The number of thiazole rings is 1. The number of nitrogens with zero attached hydrogens (tertiary/aromatic N) is 2. The molecule has 0 aliphatic heterocycles. The average Bonchev–Trinajstić information content (AvgIpc) is 2.49. The van der Waals surface area contributed by atoms with Crippen LogP contribution in [0, 0.1) is 0 Å². The highest BCUT2D eigenvalue weighted by Gasteiger charge is 2.16. The first-order chi connectivity index (χ1) is 7.29. The van der Waals surface area contributed by atoms with Gasteiger partial charge in [-0.1, -0.05) is 5.16 Å². The van der Waals surface area contributed by atoms with Crippen LogP contribution in [0.25, 0.3) is 0 Å². The van der Waals surface area contributed by atoms with Crippen LogP contribution in [0.1, 0.15) is 9.81 Å². The summed E-state index contributed by atoms with van der Waals surface area (Å²) in [4.78, 5) is 18.5. The molecule has 0 spiro atoms. The Morgan fingerprint density at radius 2 is 2.77 bits per heavy atom. The molecule has 0 radical (unpaired) electrons. The van der Waals surface area contributed by atoms with Gasteiger partial charge in [-0.2, -0.15) is 0 Å². The average molecular weight is 204 g/mol. The van der Waals surface area contributed by atoms with Gasteiger partial charge >= 0.3 is 5.97 Å². The van der Waals surface area contributed by atoms with Gasteiger partial charge in [0.2, 0.25) is 5.71 Å². The number of anilines is 1. The van der Waals surface area contributed by atoms with Crippen molar-refractivity contribution in [3.05, 3.63) is 11.1 Å². The molecule has 0 aliphatic rings. The summed E-state index contributed by atoms with van der Waals surface area (Å²) in [6.45, 7) is 0. The maximum atomic E-state index is 10.8. The second kappa shape index (κ2) is 3.85. The molecule has 0 atom stereocenters. The quantitative estimate of drug-likeness (QED) is 0.540. The molecule has 70 valence electrons. The number of aliphatic carboxylic acids is 1. The van der Waals surface area contributed by atoms with Crippen molar-refractivity contribution in [3.8, 4) is 0 Å².